The van der Waals surface area contributed by atoms with Gasteiger partial charge in [-0.1, -0.05) is 42.7 Å². The first-order valence-electron chi connectivity index (χ1n) is 11.4. The molecule has 0 saturated heterocycles. The number of nitrogens with two attached hydrogens (primary N) is 1. The number of aryl methyl sites for hydroxylation is 2. The minimum absolute atomic E-state index is 0.0502. The molecule has 1 saturated carbocycles. The molecule has 0 aromatic heterocycles. The Hall–Kier alpha value is -1.61. The van der Waals surface area contributed by atoms with Gasteiger partial charge in [0.15, 0.2) is 0 Å². The Morgan fingerprint density at radius 2 is 2.00 bits per heavy atom. The molecule has 1 fully saturated rings. The molecule has 0 heterocycles. The number of hydrogen-bond donors (Lipinski definition) is 1. The summed E-state index contributed by atoms with van der Waals surface area (Å²) in [6.45, 7) is 2.22. The van der Waals surface area contributed by atoms with E-state index in [4.69, 9.17) is 13.6 Å². The predicted octanol–water partition coefficient (Wildman–Crippen LogP) is 5.12. The van der Waals surface area contributed by atoms with Crippen molar-refractivity contribution in [3.63, 3.8) is 0 Å². The Bertz CT molecular complexity index is 864. The highest BCUT2D eigenvalue weighted by Gasteiger charge is 2.35. The van der Waals surface area contributed by atoms with Crippen molar-refractivity contribution in [1.29, 1.82) is 0 Å². The van der Waals surface area contributed by atoms with E-state index in [0.29, 0.717) is 17.3 Å². The second-order valence-corrected chi connectivity index (χ2v) is 9.54. The summed E-state index contributed by atoms with van der Waals surface area (Å²) in [5, 5.41) is 0. The minimum atomic E-state index is -0.128. The molecule has 152 valence electrons. The lowest BCUT2D eigenvalue weighted by molar-refractivity contribution is 0.412. The van der Waals surface area contributed by atoms with Crippen LogP contribution in [0.4, 0.5) is 4.39 Å². The predicted molar refractivity (Wildman–Crippen MR) is 120 cm³/mol. The fraction of sp³-hybridized carbons (Fsp3) is 0.538. The fourth-order valence-corrected chi connectivity index (χ4v) is 5.48. The van der Waals surface area contributed by atoms with Crippen molar-refractivity contribution in [3.05, 3.63) is 64.5 Å². The summed E-state index contributed by atoms with van der Waals surface area (Å²) in [6, 6.07) is 12.1. The lowest BCUT2D eigenvalue weighted by Crippen LogP contribution is -2.35. The molecule has 3 heteroatoms. The molecule has 2 radical (unpaired) electrons. The van der Waals surface area contributed by atoms with Crippen molar-refractivity contribution >= 4 is 13.3 Å². The molecule has 0 aliphatic heterocycles. The zero-order valence-electron chi connectivity index (χ0n) is 17.7. The molecule has 0 amide bonds. The first kappa shape index (κ1) is 20.7. The normalized spacial score (nSPS) is 26.4. The van der Waals surface area contributed by atoms with Crippen molar-refractivity contribution in [2.75, 3.05) is 0 Å². The van der Waals surface area contributed by atoms with Crippen LogP contribution >= 0.6 is 0 Å². The van der Waals surface area contributed by atoms with Gasteiger partial charge in [0.2, 0.25) is 0 Å². The molecule has 0 spiro atoms. The van der Waals surface area contributed by atoms with Gasteiger partial charge in [-0.3, -0.25) is 0 Å². The Morgan fingerprint density at radius 3 is 2.79 bits per heavy atom. The van der Waals surface area contributed by atoms with E-state index in [1.165, 1.54) is 36.5 Å². The van der Waals surface area contributed by atoms with Gasteiger partial charge in [-0.25, -0.2) is 4.39 Å². The summed E-state index contributed by atoms with van der Waals surface area (Å²) in [5.74, 6) is 1.22. The Balaban J connectivity index is 1.33. The lowest BCUT2D eigenvalue weighted by atomic mass is 9.79. The molecule has 2 aliphatic carbocycles. The van der Waals surface area contributed by atoms with Crippen molar-refractivity contribution in [2.24, 2.45) is 11.7 Å². The highest BCUT2D eigenvalue weighted by Crippen LogP contribution is 2.42. The molecule has 0 unspecified atom stereocenters. The average Bonchev–Trinajstić information content (AvgIpc) is 3.13. The van der Waals surface area contributed by atoms with Gasteiger partial charge in [0.05, 0.1) is 0 Å². The zero-order valence-corrected chi connectivity index (χ0v) is 17.7. The SMILES string of the molecule is [B]c1ccc(F)c(CCC[C@@H]2CCc3cc([C@H]4CC[C@](N)(CC)C4)ccc3C2)c1. The molecule has 3 atom stereocenters. The van der Waals surface area contributed by atoms with Gasteiger partial charge in [0.1, 0.15) is 13.7 Å². The molecule has 2 N–H and O–H groups in total. The summed E-state index contributed by atoms with van der Waals surface area (Å²) >= 11 is 0. The van der Waals surface area contributed by atoms with E-state index in [0.717, 1.165) is 50.5 Å². The minimum Gasteiger partial charge on any atom is -0.325 e. The summed E-state index contributed by atoms with van der Waals surface area (Å²) < 4.78 is 13.9. The van der Waals surface area contributed by atoms with Crippen LogP contribution < -0.4 is 11.2 Å². The molecular weight excluding hydrogens is 356 g/mol. The second kappa shape index (κ2) is 8.64. The van der Waals surface area contributed by atoms with Gasteiger partial charge < -0.3 is 5.73 Å². The van der Waals surface area contributed by atoms with Gasteiger partial charge in [-0.15, -0.1) is 0 Å². The number of benzene rings is 2. The molecular formula is C26H33BFN. The zero-order chi connectivity index (χ0) is 20.4. The van der Waals surface area contributed by atoms with Gasteiger partial charge in [-0.05, 0) is 104 Å². The highest BCUT2D eigenvalue weighted by atomic mass is 19.1. The highest BCUT2D eigenvalue weighted by molar-refractivity contribution is 6.32. The van der Waals surface area contributed by atoms with Crippen LogP contribution in [0.25, 0.3) is 0 Å². The third kappa shape index (κ3) is 4.77. The van der Waals surface area contributed by atoms with Gasteiger partial charge >= 0.3 is 0 Å². The van der Waals surface area contributed by atoms with Crippen molar-refractivity contribution in [3.8, 4) is 0 Å². The standard InChI is InChI=1S/C26H33BFN/c1-2-26(29)13-12-23(17-26)21-9-8-19-14-18(6-7-20(19)15-21)4-3-5-22-16-24(27)10-11-25(22)28/h8-11,15-16,18,23H,2-7,12-14,17,29H2,1H3/t18-,23+,26-/m1/s1. The van der Waals surface area contributed by atoms with Crippen LogP contribution in [0, 0.1) is 11.7 Å². The van der Waals surface area contributed by atoms with Gasteiger partial charge in [0.25, 0.3) is 0 Å². The smallest absolute Gasteiger partial charge is 0.126 e. The van der Waals surface area contributed by atoms with E-state index in [1.54, 1.807) is 17.7 Å². The van der Waals surface area contributed by atoms with Crippen molar-refractivity contribution in [1.82, 2.24) is 0 Å². The van der Waals surface area contributed by atoms with Crippen molar-refractivity contribution in [2.45, 2.75) is 82.6 Å². The first-order valence-corrected chi connectivity index (χ1v) is 11.4. The van der Waals surface area contributed by atoms with Crippen LogP contribution in [-0.4, -0.2) is 13.4 Å². The Morgan fingerprint density at radius 1 is 1.14 bits per heavy atom. The van der Waals surface area contributed by atoms with Gasteiger partial charge in [0, 0.05) is 5.54 Å². The quantitative estimate of drug-likeness (QED) is 0.682. The molecule has 2 aromatic carbocycles. The third-order valence-electron chi connectivity index (χ3n) is 7.51. The summed E-state index contributed by atoms with van der Waals surface area (Å²) in [6.07, 6.45) is 11.1. The maximum Gasteiger partial charge on any atom is 0.126 e. The van der Waals surface area contributed by atoms with Crippen molar-refractivity contribution < 1.29 is 4.39 Å². The average molecular weight is 389 g/mol. The molecule has 1 nitrogen and oxygen atoms in total. The summed E-state index contributed by atoms with van der Waals surface area (Å²) in [5.41, 5.74) is 12.5. The van der Waals surface area contributed by atoms with Crippen LogP contribution in [-0.2, 0) is 19.3 Å². The second-order valence-electron chi connectivity index (χ2n) is 9.54. The van der Waals surface area contributed by atoms with Crippen LogP contribution in [0.5, 0.6) is 0 Å². The first-order chi connectivity index (χ1) is 14.0. The maximum atomic E-state index is 13.9. The van der Waals surface area contributed by atoms with Crippen LogP contribution in [0.3, 0.4) is 0 Å². The molecule has 0 bridgehead atoms. The van der Waals surface area contributed by atoms with E-state index in [2.05, 4.69) is 25.1 Å². The third-order valence-corrected chi connectivity index (χ3v) is 7.51. The number of rotatable bonds is 6. The maximum absolute atomic E-state index is 13.9. The molecule has 4 rings (SSSR count). The van der Waals surface area contributed by atoms with E-state index in [9.17, 15) is 4.39 Å². The summed E-state index contributed by atoms with van der Waals surface area (Å²) in [7, 11) is 5.80. The largest absolute Gasteiger partial charge is 0.325 e. The summed E-state index contributed by atoms with van der Waals surface area (Å²) in [4.78, 5) is 0. The topological polar surface area (TPSA) is 26.0 Å². The van der Waals surface area contributed by atoms with Crippen LogP contribution in [0.1, 0.15) is 80.0 Å². The van der Waals surface area contributed by atoms with E-state index < -0.39 is 0 Å². The van der Waals surface area contributed by atoms with Crippen LogP contribution in [0.2, 0.25) is 0 Å². The molecule has 29 heavy (non-hydrogen) atoms. The Labute approximate surface area is 176 Å². The number of halogens is 1. The van der Waals surface area contributed by atoms with Crippen LogP contribution in [0.15, 0.2) is 36.4 Å². The molecule has 2 aliphatic rings. The number of hydrogen-bond acceptors (Lipinski definition) is 1. The molecule has 2 aromatic rings. The lowest BCUT2D eigenvalue weighted by Gasteiger charge is -2.26. The number of fused-ring (bicyclic) bond motifs is 1. The van der Waals surface area contributed by atoms with Gasteiger partial charge in [-0.2, -0.15) is 0 Å². The Kier molecular flexibility index (Phi) is 6.15. The van der Waals surface area contributed by atoms with E-state index >= 15 is 0 Å². The monoisotopic (exact) mass is 389 g/mol. The van der Waals surface area contributed by atoms with E-state index in [1.807, 2.05) is 0 Å². The van der Waals surface area contributed by atoms with E-state index in [-0.39, 0.29) is 11.4 Å². The fourth-order valence-electron chi connectivity index (χ4n) is 5.48.